The van der Waals surface area contributed by atoms with Crippen molar-refractivity contribution in [1.29, 1.82) is 0 Å². The van der Waals surface area contributed by atoms with Crippen molar-refractivity contribution in [3.8, 4) is 0 Å². The third-order valence-electron chi connectivity index (χ3n) is 4.02. The van der Waals surface area contributed by atoms with Crippen molar-refractivity contribution in [3.63, 3.8) is 0 Å². The molecule has 2 aromatic rings. The molecule has 0 amide bonds. The van der Waals surface area contributed by atoms with Crippen molar-refractivity contribution in [3.05, 3.63) is 24.3 Å². The zero-order chi connectivity index (χ0) is 18.5. The largest absolute Gasteiger partial charge is 0.399 e. The Bertz CT molecular complexity index is 709. The molecule has 0 aliphatic carbocycles. The highest BCUT2D eigenvalue weighted by Crippen LogP contribution is 2.21. The highest BCUT2D eigenvalue weighted by Gasteiger charge is 2.25. The molecule has 0 saturated carbocycles. The van der Waals surface area contributed by atoms with Crippen LogP contribution < -0.4 is 38.5 Å². The van der Waals surface area contributed by atoms with Crippen LogP contribution in [0.4, 0.5) is 29.2 Å². The molecule has 2 heterocycles. The van der Waals surface area contributed by atoms with Gasteiger partial charge in [0.05, 0.1) is 0 Å². The summed E-state index contributed by atoms with van der Waals surface area (Å²) in [7, 11) is 0. The lowest BCUT2D eigenvalue weighted by Gasteiger charge is -2.34. The number of nitrogens with two attached hydrogens (primary N) is 4. The van der Waals surface area contributed by atoms with Crippen molar-refractivity contribution in [2.45, 2.75) is 18.5 Å². The van der Waals surface area contributed by atoms with E-state index in [9.17, 15) is 0 Å². The van der Waals surface area contributed by atoms with Crippen molar-refractivity contribution < 1.29 is 0 Å². The Hall–Kier alpha value is -2.69. The van der Waals surface area contributed by atoms with Crippen LogP contribution in [-0.2, 0) is 0 Å². The number of nitrogen functional groups attached to an aromatic ring is 1. The van der Waals surface area contributed by atoms with Gasteiger partial charge in [0.2, 0.25) is 17.8 Å². The molecule has 26 heavy (non-hydrogen) atoms. The minimum Gasteiger partial charge on any atom is -0.399 e. The maximum Gasteiger partial charge on any atom is 0.233 e. The van der Waals surface area contributed by atoms with Gasteiger partial charge in [-0.3, -0.25) is 0 Å². The second-order valence-electron chi connectivity index (χ2n) is 6.41. The number of hydrogen-bond donors (Lipinski definition) is 6. The smallest absolute Gasteiger partial charge is 0.233 e. The molecular formula is C16H26N10. The third kappa shape index (κ3) is 4.69. The van der Waals surface area contributed by atoms with Crippen molar-refractivity contribution in [2.24, 2.45) is 17.2 Å². The van der Waals surface area contributed by atoms with Crippen LogP contribution in [0.3, 0.4) is 0 Å². The molecule has 1 aromatic heterocycles. The maximum absolute atomic E-state index is 6.09. The molecule has 1 fully saturated rings. The molecular weight excluding hydrogens is 332 g/mol. The molecule has 0 radical (unpaired) electrons. The summed E-state index contributed by atoms with van der Waals surface area (Å²) in [5.74, 6) is 1.40. The standard InChI is InChI=1S/C16H26N10/c17-5-6-21-14-23-15(22-13-3-1-10(18)2-4-13)25-16(24-14)26-8-11(19)7-12(20)9-26/h1-4,11-12H,5-9,17-20H2,(H2,21,22,23,24,25)/t11-,12+. The molecule has 10 N–H and O–H groups in total. The number of hydrogen-bond acceptors (Lipinski definition) is 10. The van der Waals surface area contributed by atoms with E-state index in [1.54, 1.807) is 12.1 Å². The monoisotopic (exact) mass is 358 g/mol. The molecule has 140 valence electrons. The summed E-state index contributed by atoms with van der Waals surface area (Å²) in [6.07, 6.45) is 0.788. The first-order valence-corrected chi connectivity index (χ1v) is 8.62. The SMILES string of the molecule is NCCNc1nc(Nc2ccc(N)cc2)nc(N2C[C@H](N)C[C@H](N)C2)n1. The number of rotatable bonds is 6. The number of aromatic nitrogens is 3. The average Bonchev–Trinajstić information content (AvgIpc) is 2.61. The van der Waals surface area contributed by atoms with Gasteiger partial charge in [-0.2, -0.15) is 15.0 Å². The zero-order valence-electron chi connectivity index (χ0n) is 14.6. The van der Waals surface area contributed by atoms with E-state index in [1.807, 2.05) is 17.0 Å². The molecule has 10 nitrogen and oxygen atoms in total. The van der Waals surface area contributed by atoms with Gasteiger partial charge in [-0.05, 0) is 30.7 Å². The normalized spacial score (nSPS) is 20.0. The lowest BCUT2D eigenvalue weighted by atomic mass is 10.0. The van der Waals surface area contributed by atoms with E-state index in [4.69, 9.17) is 22.9 Å². The summed E-state index contributed by atoms with van der Waals surface area (Å²) in [5.41, 5.74) is 25.0. The predicted molar refractivity (Wildman–Crippen MR) is 104 cm³/mol. The lowest BCUT2D eigenvalue weighted by molar-refractivity contribution is 0.447. The van der Waals surface area contributed by atoms with E-state index < -0.39 is 0 Å². The summed E-state index contributed by atoms with van der Waals surface area (Å²) in [6, 6.07) is 7.31. The van der Waals surface area contributed by atoms with Gasteiger partial charge in [0.15, 0.2) is 0 Å². The Labute approximate surface area is 152 Å². The minimum atomic E-state index is -0.00975. The second kappa shape index (κ2) is 8.13. The average molecular weight is 358 g/mol. The molecule has 0 bridgehead atoms. The molecule has 2 atom stereocenters. The topological polar surface area (TPSA) is 170 Å². The van der Waals surface area contributed by atoms with Crippen LogP contribution in [0.5, 0.6) is 0 Å². The number of nitrogens with one attached hydrogen (secondary N) is 2. The summed E-state index contributed by atoms with van der Waals surface area (Å²) in [6.45, 7) is 2.33. The molecule has 10 heteroatoms. The van der Waals surface area contributed by atoms with Gasteiger partial charge in [0, 0.05) is 49.6 Å². The van der Waals surface area contributed by atoms with E-state index in [0.29, 0.717) is 49.7 Å². The van der Waals surface area contributed by atoms with Crippen LogP contribution in [0.25, 0.3) is 0 Å². The molecule has 1 aliphatic heterocycles. The molecule has 1 saturated heterocycles. The highest BCUT2D eigenvalue weighted by atomic mass is 15.3. The van der Waals surface area contributed by atoms with Crippen LogP contribution in [0, 0.1) is 0 Å². The van der Waals surface area contributed by atoms with E-state index in [2.05, 4.69) is 25.6 Å². The first kappa shape index (κ1) is 18.1. The van der Waals surface area contributed by atoms with E-state index >= 15 is 0 Å². The summed E-state index contributed by atoms with van der Waals surface area (Å²) in [5, 5.41) is 6.27. The van der Waals surface area contributed by atoms with E-state index in [-0.39, 0.29) is 12.1 Å². The van der Waals surface area contributed by atoms with Gasteiger partial charge in [0.25, 0.3) is 0 Å². The van der Waals surface area contributed by atoms with E-state index in [1.165, 1.54) is 0 Å². The fraction of sp³-hybridized carbons (Fsp3) is 0.438. The van der Waals surface area contributed by atoms with Gasteiger partial charge in [-0.1, -0.05) is 0 Å². The van der Waals surface area contributed by atoms with Crippen molar-refractivity contribution >= 4 is 29.2 Å². The lowest BCUT2D eigenvalue weighted by Crippen LogP contribution is -2.52. The van der Waals surface area contributed by atoms with Crippen molar-refractivity contribution in [2.75, 3.05) is 47.4 Å². The molecule has 0 unspecified atom stereocenters. The number of nitrogens with zero attached hydrogens (tertiary/aromatic N) is 4. The molecule has 0 spiro atoms. The molecule has 1 aliphatic rings. The van der Waals surface area contributed by atoms with Crippen LogP contribution >= 0.6 is 0 Å². The number of anilines is 5. The maximum atomic E-state index is 6.09. The van der Waals surface area contributed by atoms with Crippen LogP contribution in [-0.4, -0.2) is 53.2 Å². The fourth-order valence-corrected chi connectivity index (χ4v) is 2.86. The Morgan fingerprint density at radius 3 is 2.31 bits per heavy atom. The highest BCUT2D eigenvalue weighted by molar-refractivity contribution is 5.59. The van der Waals surface area contributed by atoms with Crippen LogP contribution in [0.2, 0.25) is 0 Å². The van der Waals surface area contributed by atoms with Gasteiger partial charge in [0.1, 0.15) is 0 Å². The van der Waals surface area contributed by atoms with Gasteiger partial charge in [-0.15, -0.1) is 0 Å². The zero-order valence-corrected chi connectivity index (χ0v) is 14.6. The van der Waals surface area contributed by atoms with Gasteiger partial charge < -0.3 is 38.5 Å². The second-order valence-corrected chi connectivity index (χ2v) is 6.41. The first-order valence-electron chi connectivity index (χ1n) is 8.62. The first-order chi connectivity index (χ1) is 12.5. The number of piperidine rings is 1. The van der Waals surface area contributed by atoms with E-state index in [0.717, 1.165) is 12.1 Å². The Kier molecular flexibility index (Phi) is 5.66. The summed E-state index contributed by atoms with van der Waals surface area (Å²) < 4.78 is 0. The predicted octanol–water partition coefficient (Wildman–Crippen LogP) is -0.567. The van der Waals surface area contributed by atoms with Crippen LogP contribution in [0.15, 0.2) is 24.3 Å². The Morgan fingerprint density at radius 2 is 1.65 bits per heavy atom. The summed E-state index contributed by atoms with van der Waals surface area (Å²) >= 11 is 0. The summed E-state index contributed by atoms with van der Waals surface area (Å²) in [4.78, 5) is 15.4. The fourth-order valence-electron chi connectivity index (χ4n) is 2.86. The third-order valence-corrected chi connectivity index (χ3v) is 4.02. The van der Waals surface area contributed by atoms with Crippen molar-refractivity contribution in [1.82, 2.24) is 15.0 Å². The Balaban J connectivity index is 1.86. The Morgan fingerprint density at radius 1 is 1.00 bits per heavy atom. The van der Waals surface area contributed by atoms with Gasteiger partial charge in [-0.25, -0.2) is 0 Å². The molecule has 3 rings (SSSR count). The quantitative estimate of drug-likeness (QED) is 0.367. The van der Waals surface area contributed by atoms with Gasteiger partial charge >= 0.3 is 0 Å². The minimum absolute atomic E-state index is 0.00975. The molecule has 1 aromatic carbocycles. The number of benzene rings is 1. The van der Waals surface area contributed by atoms with Crippen LogP contribution in [0.1, 0.15) is 6.42 Å².